The smallest absolute Gasteiger partial charge is 0.187 e. The largest absolute Gasteiger partial charge is 0.396 e. The number of hydrogen-bond donors (Lipinski definition) is 8. The fourth-order valence-corrected chi connectivity index (χ4v) is 2.97. The van der Waals surface area contributed by atoms with Gasteiger partial charge in [-0.25, -0.2) is 0 Å². The Balaban J connectivity index is 2.08. The van der Waals surface area contributed by atoms with Crippen LogP contribution in [0.3, 0.4) is 0 Å². The predicted molar refractivity (Wildman–Crippen MR) is 71.9 cm³/mol. The van der Waals surface area contributed by atoms with Gasteiger partial charge in [-0.3, -0.25) is 0 Å². The average molecular weight is 340 g/mol. The maximum atomic E-state index is 10.0. The monoisotopic (exact) mass is 340 g/mol. The zero-order valence-corrected chi connectivity index (χ0v) is 12.3. The molecular formula is C13H24O10. The molecule has 10 heteroatoms. The van der Waals surface area contributed by atoms with E-state index >= 15 is 0 Å². The minimum atomic E-state index is -1.68. The first kappa shape index (κ1) is 18.9. The van der Waals surface area contributed by atoms with Gasteiger partial charge in [0.2, 0.25) is 0 Å². The molecule has 2 fully saturated rings. The normalized spacial score (nSPS) is 51.7. The highest BCUT2D eigenvalue weighted by Crippen LogP contribution is 2.31. The Morgan fingerprint density at radius 3 is 2.00 bits per heavy atom. The molecule has 23 heavy (non-hydrogen) atoms. The van der Waals surface area contributed by atoms with Crippen molar-refractivity contribution in [1.82, 2.24) is 0 Å². The lowest BCUT2D eigenvalue weighted by atomic mass is 9.81. The van der Waals surface area contributed by atoms with Crippen LogP contribution in [0, 0.1) is 5.92 Å². The van der Waals surface area contributed by atoms with Crippen LogP contribution < -0.4 is 0 Å². The third kappa shape index (κ3) is 3.66. The Morgan fingerprint density at radius 1 is 0.783 bits per heavy atom. The van der Waals surface area contributed by atoms with Crippen LogP contribution in [0.4, 0.5) is 0 Å². The highest BCUT2D eigenvalue weighted by molar-refractivity contribution is 4.95. The molecule has 0 bridgehead atoms. The van der Waals surface area contributed by atoms with E-state index in [0.29, 0.717) is 0 Å². The van der Waals surface area contributed by atoms with Gasteiger partial charge >= 0.3 is 0 Å². The first-order valence-electron chi connectivity index (χ1n) is 7.42. The van der Waals surface area contributed by atoms with E-state index in [-0.39, 0.29) is 6.42 Å². The van der Waals surface area contributed by atoms with Gasteiger partial charge in [0.25, 0.3) is 0 Å². The standard InChI is InChI=1S/C13H24O10/c14-2-4-1-5(16)12(10(20)7(4)17)23-13-11(21)9(19)8(18)6(3-15)22-13/h4-21H,1-3H2/t4-,5+,6-,7-,8-,9+,10+,11+,12-,13-/m1/s1. The second kappa shape index (κ2) is 7.66. The van der Waals surface area contributed by atoms with Gasteiger partial charge in [-0.15, -0.1) is 0 Å². The van der Waals surface area contributed by atoms with Crippen molar-refractivity contribution in [3.05, 3.63) is 0 Å². The van der Waals surface area contributed by atoms with E-state index in [1.54, 1.807) is 0 Å². The van der Waals surface area contributed by atoms with Gasteiger partial charge in [-0.1, -0.05) is 0 Å². The molecule has 0 aromatic carbocycles. The number of ether oxygens (including phenoxy) is 2. The SMILES string of the molecule is OC[C@H]1C[C@H](O)[C@@H](O[C@H]2O[C@H](CO)[C@@H](O)[C@H](O)[C@@H]2O)[C@@H](O)[C@@H]1O. The highest BCUT2D eigenvalue weighted by atomic mass is 16.7. The Hall–Kier alpha value is -0.400. The highest BCUT2D eigenvalue weighted by Gasteiger charge is 2.49. The van der Waals surface area contributed by atoms with E-state index in [2.05, 4.69) is 0 Å². The van der Waals surface area contributed by atoms with Crippen LogP contribution in [0.25, 0.3) is 0 Å². The molecule has 1 saturated carbocycles. The molecule has 0 amide bonds. The zero-order valence-electron chi connectivity index (χ0n) is 12.3. The molecule has 8 N–H and O–H groups in total. The molecule has 0 spiro atoms. The molecule has 10 nitrogen and oxygen atoms in total. The van der Waals surface area contributed by atoms with Crippen LogP contribution >= 0.6 is 0 Å². The van der Waals surface area contributed by atoms with Crippen molar-refractivity contribution >= 4 is 0 Å². The van der Waals surface area contributed by atoms with Crippen LogP contribution in [0.2, 0.25) is 0 Å². The first-order valence-corrected chi connectivity index (χ1v) is 7.42. The van der Waals surface area contributed by atoms with E-state index in [4.69, 9.17) is 19.7 Å². The number of rotatable bonds is 4. The van der Waals surface area contributed by atoms with Gasteiger partial charge < -0.3 is 50.3 Å². The summed E-state index contributed by atoms with van der Waals surface area (Å²) in [4.78, 5) is 0. The molecule has 2 rings (SSSR count). The maximum absolute atomic E-state index is 10.0. The van der Waals surface area contributed by atoms with Gasteiger partial charge in [0, 0.05) is 12.5 Å². The third-order valence-corrected chi connectivity index (χ3v) is 4.47. The summed E-state index contributed by atoms with van der Waals surface area (Å²) in [6.45, 7) is -1.07. The van der Waals surface area contributed by atoms with E-state index < -0.39 is 74.3 Å². The molecule has 0 aromatic heterocycles. The molecule has 10 atom stereocenters. The molecule has 136 valence electrons. The van der Waals surface area contributed by atoms with Crippen molar-refractivity contribution in [2.24, 2.45) is 5.92 Å². The van der Waals surface area contributed by atoms with Crippen LogP contribution in [-0.2, 0) is 9.47 Å². The lowest BCUT2D eigenvalue weighted by Crippen LogP contribution is -2.63. The van der Waals surface area contributed by atoms with Crippen molar-refractivity contribution in [2.45, 2.75) is 61.5 Å². The summed E-state index contributed by atoms with van der Waals surface area (Å²) in [5.74, 6) is -0.727. The minimum Gasteiger partial charge on any atom is -0.396 e. The Labute approximate surface area is 132 Å². The van der Waals surface area contributed by atoms with Crippen molar-refractivity contribution < 1.29 is 50.3 Å². The fraction of sp³-hybridized carbons (Fsp3) is 1.00. The van der Waals surface area contributed by atoms with Crippen molar-refractivity contribution in [3.8, 4) is 0 Å². The Kier molecular flexibility index (Phi) is 6.30. The molecule has 1 heterocycles. The topological polar surface area (TPSA) is 180 Å². The van der Waals surface area contributed by atoms with Crippen LogP contribution in [0.5, 0.6) is 0 Å². The average Bonchev–Trinajstić information content (AvgIpc) is 2.54. The summed E-state index contributed by atoms with van der Waals surface area (Å²) in [6, 6.07) is 0. The van der Waals surface area contributed by atoms with Gasteiger partial charge in [-0.2, -0.15) is 0 Å². The van der Waals surface area contributed by atoms with Gasteiger partial charge in [-0.05, 0) is 6.42 Å². The van der Waals surface area contributed by atoms with Crippen LogP contribution in [0.1, 0.15) is 6.42 Å². The van der Waals surface area contributed by atoms with Crippen molar-refractivity contribution in [1.29, 1.82) is 0 Å². The van der Waals surface area contributed by atoms with E-state index in [9.17, 15) is 30.6 Å². The second-order valence-electron chi connectivity index (χ2n) is 6.02. The first-order chi connectivity index (χ1) is 10.8. The van der Waals surface area contributed by atoms with Crippen molar-refractivity contribution in [3.63, 3.8) is 0 Å². The summed E-state index contributed by atoms with van der Waals surface area (Å²) in [5, 5.41) is 77.4. The predicted octanol–water partition coefficient (Wildman–Crippen LogP) is -4.73. The van der Waals surface area contributed by atoms with Crippen LogP contribution in [0.15, 0.2) is 0 Å². The molecule has 1 saturated heterocycles. The van der Waals surface area contributed by atoms with Crippen molar-refractivity contribution in [2.75, 3.05) is 13.2 Å². The Morgan fingerprint density at radius 2 is 1.43 bits per heavy atom. The number of aliphatic hydroxyl groups is 8. The summed E-state index contributed by atoms with van der Waals surface area (Å²) >= 11 is 0. The van der Waals surface area contributed by atoms with Gasteiger partial charge in [0.15, 0.2) is 6.29 Å². The van der Waals surface area contributed by atoms with E-state index in [1.165, 1.54) is 0 Å². The third-order valence-electron chi connectivity index (χ3n) is 4.47. The summed E-state index contributed by atoms with van der Waals surface area (Å²) < 4.78 is 10.4. The van der Waals surface area contributed by atoms with E-state index in [0.717, 1.165) is 0 Å². The van der Waals surface area contributed by atoms with Gasteiger partial charge in [0.1, 0.15) is 36.6 Å². The van der Waals surface area contributed by atoms with Crippen LogP contribution in [-0.4, -0.2) is 109 Å². The Bertz CT molecular complexity index is 380. The summed E-state index contributed by atoms with van der Waals surface area (Å²) in [6.07, 6.45) is -13.1. The summed E-state index contributed by atoms with van der Waals surface area (Å²) in [7, 11) is 0. The zero-order chi connectivity index (χ0) is 17.3. The molecule has 2 aliphatic rings. The number of aliphatic hydroxyl groups excluding tert-OH is 8. The van der Waals surface area contributed by atoms with Gasteiger partial charge in [0.05, 0.1) is 18.8 Å². The lowest BCUT2D eigenvalue weighted by Gasteiger charge is -2.45. The molecule has 1 aliphatic carbocycles. The number of hydrogen-bond acceptors (Lipinski definition) is 10. The molecule has 0 aromatic rings. The molecule has 1 aliphatic heterocycles. The quantitative estimate of drug-likeness (QED) is 0.247. The lowest BCUT2D eigenvalue weighted by molar-refractivity contribution is -0.331. The minimum absolute atomic E-state index is 0.0448. The van der Waals surface area contributed by atoms with E-state index in [1.807, 2.05) is 0 Å². The second-order valence-corrected chi connectivity index (χ2v) is 6.02. The molecule has 0 unspecified atom stereocenters. The molecule has 0 radical (unpaired) electrons. The maximum Gasteiger partial charge on any atom is 0.187 e. The fourth-order valence-electron chi connectivity index (χ4n) is 2.97. The molecular weight excluding hydrogens is 316 g/mol. The summed E-state index contributed by atoms with van der Waals surface area (Å²) in [5.41, 5.74) is 0.